The Bertz CT molecular complexity index is 4180. The van der Waals surface area contributed by atoms with Crippen molar-refractivity contribution in [3.8, 4) is 11.5 Å². The molecule has 1 heterocycles. The Morgan fingerprint density at radius 2 is 1.13 bits per heavy atom. The summed E-state index contributed by atoms with van der Waals surface area (Å²) in [4.78, 5) is 7.69. The van der Waals surface area contributed by atoms with Crippen molar-refractivity contribution in [2.24, 2.45) is 20.5 Å². The smallest absolute Gasteiger partial charge is 0.296 e. The lowest BCUT2D eigenvalue weighted by Crippen LogP contribution is -2.10. The van der Waals surface area contributed by atoms with Gasteiger partial charge in [-0.3, -0.25) is 22.4 Å². The van der Waals surface area contributed by atoms with Crippen LogP contribution in [0.2, 0.25) is 5.28 Å². The quantitative estimate of drug-likeness (QED) is 0.00765. The summed E-state index contributed by atoms with van der Waals surface area (Å²) in [6.45, 7) is 1.07. The molecular weight excluding hydrogens is 1210 g/mol. The molecule has 0 fully saturated rings. The number of aryl methyl sites for hydroxylation is 1. The number of aromatic hydroxyl groups is 2. The van der Waals surface area contributed by atoms with Crippen LogP contribution in [0.25, 0.3) is 21.5 Å². The fraction of sp³-hybridized carbons (Fsp3) is 0.0789. The van der Waals surface area contributed by atoms with E-state index >= 15 is 0 Å². The number of hydrogen-bond acceptors (Lipinski definition) is 30. The zero-order valence-electron chi connectivity index (χ0n) is 38.0. The SMILES string of the molecule is Cc1ccc(N=Nc2c(S(=O)(=O)O)cc3cc(S(=O)(=O)O)cc(Nc4nc(Cl)nc(Nc5cc(S(=O)(=O)O)cc6cc(SOOO)c(N=Nc7ccc(S(=O)(=O)CCOSOOO)cc7)c(O)c56)n4)c3c2O)c(S(=O)(=O)O)c1. The molecule has 0 atom stereocenters. The largest absolute Gasteiger partial charge is 0.505 e. The zero-order chi connectivity index (χ0) is 57.1. The molecule has 0 aliphatic rings. The predicted octanol–water partition coefficient (Wildman–Crippen LogP) is 8.06. The molecule has 1 aromatic heterocycles. The van der Waals surface area contributed by atoms with Crippen molar-refractivity contribution in [1.29, 1.82) is 0 Å². The summed E-state index contributed by atoms with van der Waals surface area (Å²) in [7, 11) is -24.7. The van der Waals surface area contributed by atoms with Gasteiger partial charge in [0.25, 0.3) is 40.5 Å². The number of sulfone groups is 1. The highest BCUT2D eigenvalue weighted by Crippen LogP contribution is 2.49. The summed E-state index contributed by atoms with van der Waals surface area (Å²) in [5.41, 5.74) is -2.91. The van der Waals surface area contributed by atoms with E-state index < -0.39 is 144 Å². The van der Waals surface area contributed by atoms with Crippen LogP contribution >= 0.6 is 36.0 Å². The van der Waals surface area contributed by atoms with Crippen LogP contribution in [-0.4, -0.2) is 108 Å². The number of rotatable bonds is 22. The van der Waals surface area contributed by atoms with Crippen molar-refractivity contribution in [3.05, 3.63) is 89.7 Å². The van der Waals surface area contributed by atoms with Crippen LogP contribution in [0.1, 0.15) is 5.56 Å². The van der Waals surface area contributed by atoms with Crippen molar-refractivity contribution in [2.45, 2.75) is 36.3 Å². The highest BCUT2D eigenvalue weighted by Gasteiger charge is 2.28. The van der Waals surface area contributed by atoms with Crippen molar-refractivity contribution in [1.82, 2.24) is 15.0 Å². The number of halogens is 1. The monoisotopic (exact) mass is 1240 g/mol. The number of benzene rings is 6. The van der Waals surface area contributed by atoms with E-state index in [1.54, 1.807) is 0 Å². The summed E-state index contributed by atoms with van der Waals surface area (Å²) < 4.78 is 179. The number of aromatic nitrogens is 3. The van der Waals surface area contributed by atoms with Gasteiger partial charge in [0, 0.05) is 10.8 Å². The molecule has 6 aromatic carbocycles. The van der Waals surface area contributed by atoms with Gasteiger partial charge in [0.1, 0.15) is 26.9 Å². The zero-order valence-corrected chi connectivity index (χ0v) is 44.5. The fourth-order valence-corrected chi connectivity index (χ4v) is 11.3. The molecule has 78 heavy (non-hydrogen) atoms. The molecule has 0 spiro atoms. The Balaban J connectivity index is 1.33. The first-order valence-corrected chi connectivity index (χ1v) is 29.4. The van der Waals surface area contributed by atoms with E-state index in [1.165, 1.54) is 25.1 Å². The number of nitrogens with one attached hydrogen (secondary N) is 2. The van der Waals surface area contributed by atoms with E-state index in [9.17, 15) is 70.5 Å². The molecule has 0 radical (unpaired) electrons. The van der Waals surface area contributed by atoms with Crippen molar-refractivity contribution < 1.29 is 104 Å². The highest BCUT2D eigenvalue weighted by atomic mass is 35.5. The molecular formula is C38H30ClN9O23S7. The normalized spacial score (nSPS) is 12.8. The van der Waals surface area contributed by atoms with Gasteiger partial charge < -0.3 is 20.8 Å². The van der Waals surface area contributed by atoms with Gasteiger partial charge in [-0.15, -0.1) is 24.0 Å². The van der Waals surface area contributed by atoms with Gasteiger partial charge in [-0.25, -0.2) is 18.9 Å². The Morgan fingerprint density at radius 1 is 0.590 bits per heavy atom. The molecule has 0 amide bonds. The van der Waals surface area contributed by atoms with Crippen LogP contribution in [-0.2, 0) is 73.2 Å². The molecule has 0 unspecified atom stereocenters. The Kier molecular flexibility index (Phi) is 17.8. The van der Waals surface area contributed by atoms with Crippen LogP contribution in [0.4, 0.5) is 46.0 Å². The standard InChI is InChI=1S/C38H30ClN9O23S7/c1-17-2-7-24(28(10-17)77(61,62)63)46-48-33-29(78(64,65)66)14-19-12-23(76(58,59)60)16-26(31(19)35(33)50)41-38-43-36(39)42-37(44-38)40-25-15-22(75(55,56)57)11-18-13-27(72-70-68-51)32(34(49)30(18)25)47-45-20-3-5-21(6-4-20)74(53,54)9-8-67-73-71-69-52/h2-7,10-16,49-52H,8-9H2,1H3,(H,55,56,57)(H,58,59,60)(H,61,62,63)(H,64,65,66)(H2,40,41,42,43,44). The first-order chi connectivity index (χ1) is 36.5. The number of fused-ring (bicyclic) bond motifs is 2. The molecule has 0 aliphatic heterocycles. The molecule has 0 aliphatic carbocycles. The maximum Gasteiger partial charge on any atom is 0.296 e. The number of phenolic OH excluding ortho intramolecular Hbond substituents is 2. The number of nitrogens with zero attached hydrogens (tertiary/aromatic N) is 7. The third-order valence-corrected chi connectivity index (χ3v) is 16.3. The minimum absolute atomic E-state index is 0.0109. The second kappa shape index (κ2) is 23.5. The maximum absolute atomic E-state index is 12.8. The molecule has 7 rings (SSSR count). The highest BCUT2D eigenvalue weighted by molar-refractivity contribution is 7.94. The van der Waals surface area contributed by atoms with E-state index in [-0.39, 0.29) is 57.2 Å². The van der Waals surface area contributed by atoms with Gasteiger partial charge in [-0.1, -0.05) is 16.1 Å². The minimum atomic E-state index is -5.44. The Labute approximate surface area is 451 Å². The topological polar surface area (TPSA) is 491 Å². The summed E-state index contributed by atoms with van der Waals surface area (Å²) in [6, 6.07) is 12.8. The van der Waals surface area contributed by atoms with Gasteiger partial charge in [-0.2, -0.15) is 53.7 Å². The van der Waals surface area contributed by atoms with Crippen LogP contribution in [0, 0.1) is 6.92 Å². The first-order valence-electron chi connectivity index (χ1n) is 20.2. The van der Waals surface area contributed by atoms with Gasteiger partial charge >= 0.3 is 0 Å². The van der Waals surface area contributed by atoms with Gasteiger partial charge in [-0.05, 0) is 108 Å². The van der Waals surface area contributed by atoms with Crippen molar-refractivity contribution in [3.63, 3.8) is 0 Å². The Hall–Kier alpha value is -6.45. The molecule has 0 bridgehead atoms. The molecule has 414 valence electrons. The van der Waals surface area contributed by atoms with Gasteiger partial charge in [0.05, 0.1) is 61.0 Å². The first kappa shape index (κ1) is 59.2. The van der Waals surface area contributed by atoms with E-state index in [4.69, 9.17) is 26.3 Å². The van der Waals surface area contributed by atoms with Gasteiger partial charge in [0.15, 0.2) is 33.7 Å². The molecule has 0 saturated carbocycles. The van der Waals surface area contributed by atoms with Crippen LogP contribution < -0.4 is 10.6 Å². The lowest BCUT2D eigenvalue weighted by atomic mass is 10.1. The van der Waals surface area contributed by atoms with Crippen molar-refractivity contribution >= 4 is 154 Å². The summed E-state index contributed by atoms with van der Waals surface area (Å²) in [6.07, 6.45) is 0. The van der Waals surface area contributed by atoms with E-state index in [0.29, 0.717) is 23.8 Å². The summed E-state index contributed by atoms with van der Waals surface area (Å²) in [5.74, 6) is -3.91. The molecule has 40 heteroatoms. The lowest BCUT2D eigenvalue weighted by molar-refractivity contribution is -0.434. The average Bonchev–Trinajstić information content (AvgIpc) is 3.38. The Morgan fingerprint density at radius 3 is 1.67 bits per heavy atom. The second-order valence-electron chi connectivity index (χ2n) is 15.1. The van der Waals surface area contributed by atoms with E-state index in [0.717, 1.165) is 42.5 Å². The van der Waals surface area contributed by atoms with E-state index in [2.05, 4.69) is 64.8 Å². The van der Waals surface area contributed by atoms with E-state index in [1.807, 2.05) is 0 Å². The minimum Gasteiger partial charge on any atom is -0.505 e. The second-order valence-corrected chi connectivity index (χ2v) is 24.4. The fourth-order valence-electron chi connectivity index (χ4n) is 6.79. The number of azo groups is 2. The summed E-state index contributed by atoms with van der Waals surface area (Å²) in [5, 5.41) is 65.7. The third kappa shape index (κ3) is 14.0. The third-order valence-electron chi connectivity index (χ3n) is 10.0. The van der Waals surface area contributed by atoms with Crippen LogP contribution in [0.3, 0.4) is 0 Å². The van der Waals surface area contributed by atoms with Crippen molar-refractivity contribution in [2.75, 3.05) is 23.0 Å². The number of anilines is 4. The van der Waals surface area contributed by atoms with Crippen LogP contribution in [0.15, 0.2) is 129 Å². The maximum atomic E-state index is 12.8. The molecule has 0 saturated heterocycles. The molecule has 7 aromatic rings. The molecule has 10 N–H and O–H groups in total. The average molecular weight is 1240 g/mol. The lowest BCUT2D eigenvalue weighted by Gasteiger charge is -2.16. The summed E-state index contributed by atoms with van der Waals surface area (Å²) >= 11 is 6.66. The molecule has 32 nitrogen and oxygen atoms in total. The predicted molar refractivity (Wildman–Crippen MR) is 269 cm³/mol. The number of phenols is 2. The number of hydrogen-bond donors (Lipinski definition) is 10. The van der Waals surface area contributed by atoms with Crippen LogP contribution in [0.5, 0.6) is 11.5 Å². The van der Waals surface area contributed by atoms with Gasteiger partial charge in [0.2, 0.25) is 17.2 Å².